The summed E-state index contributed by atoms with van der Waals surface area (Å²) in [6, 6.07) is 0. The Morgan fingerprint density at radius 2 is 1.22 bits per heavy atom. The summed E-state index contributed by atoms with van der Waals surface area (Å²) < 4.78 is 17.9. The molecular weight excluding hydrogens is 264 g/mol. The molecule has 1 aliphatic heterocycles. The van der Waals surface area contributed by atoms with Crippen LogP contribution in [0.2, 0.25) is 0 Å². The average molecular weight is 278 g/mol. The van der Waals surface area contributed by atoms with Crippen molar-refractivity contribution in [3.05, 3.63) is 11.1 Å². The first-order valence-electron chi connectivity index (χ1n) is 6.01. The third-order valence-electron chi connectivity index (χ3n) is 3.15. The van der Waals surface area contributed by atoms with E-state index in [-0.39, 0.29) is 0 Å². The van der Waals surface area contributed by atoms with Gasteiger partial charge in [-0.1, -0.05) is 27.7 Å². The van der Waals surface area contributed by atoms with E-state index >= 15 is 0 Å². The Morgan fingerprint density at radius 3 is 1.61 bits per heavy atom. The van der Waals surface area contributed by atoms with Crippen LogP contribution in [0.5, 0.6) is 0 Å². The zero-order valence-corrected chi connectivity index (χ0v) is 12.4. The number of hydrogen-bond donors (Lipinski definition) is 0. The summed E-state index contributed by atoms with van der Waals surface area (Å²) in [7, 11) is 0. The fraction of sp³-hybridized carbons (Fsp3) is 0.500. The van der Waals surface area contributed by atoms with Crippen molar-refractivity contribution < 1.29 is 0 Å². The molecule has 4 nitrogen and oxygen atoms in total. The number of fused-ring (bicyclic) bond motifs is 2. The van der Waals surface area contributed by atoms with E-state index in [4.69, 9.17) is 0 Å². The van der Waals surface area contributed by atoms with E-state index in [2.05, 4.69) is 45.2 Å². The largest absolute Gasteiger partial charge is 0.173 e. The zero-order chi connectivity index (χ0) is 12.9. The first-order chi connectivity index (χ1) is 8.61. The zero-order valence-electron chi connectivity index (χ0n) is 10.8. The highest BCUT2D eigenvalue weighted by atomic mass is 32.1. The van der Waals surface area contributed by atoms with Crippen molar-refractivity contribution in [3.63, 3.8) is 0 Å². The van der Waals surface area contributed by atoms with E-state index in [0.29, 0.717) is 11.8 Å². The van der Waals surface area contributed by atoms with Gasteiger partial charge >= 0.3 is 0 Å². The Hall–Kier alpha value is -1.14. The normalized spacial score (nSPS) is 13.7. The highest BCUT2D eigenvalue weighted by Gasteiger charge is 2.26. The monoisotopic (exact) mass is 278 g/mol. The van der Waals surface area contributed by atoms with Crippen molar-refractivity contribution in [1.82, 2.24) is 8.75 Å². The molecule has 0 unspecified atom stereocenters. The fourth-order valence-corrected chi connectivity index (χ4v) is 3.55. The van der Waals surface area contributed by atoms with Gasteiger partial charge in [0.15, 0.2) is 0 Å². The molecule has 94 valence electrons. The highest BCUT2D eigenvalue weighted by Crippen LogP contribution is 2.48. The molecule has 1 aliphatic rings. The van der Waals surface area contributed by atoms with Crippen molar-refractivity contribution in [2.75, 3.05) is 0 Å². The maximum absolute atomic E-state index is 4.48. The molecule has 18 heavy (non-hydrogen) atoms. The van der Waals surface area contributed by atoms with Gasteiger partial charge in [0.05, 0.1) is 23.1 Å². The average Bonchev–Trinajstić information content (AvgIpc) is 2.91. The molecule has 0 saturated heterocycles. The van der Waals surface area contributed by atoms with Gasteiger partial charge in [0.25, 0.3) is 0 Å². The van der Waals surface area contributed by atoms with Crippen LogP contribution in [0.3, 0.4) is 0 Å². The summed E-state index contributed by atoms with van der Waals surface area (Å²) in [6.45, 7) is 8.67. The van der Waals surface area contributed by atoms with E-state index in [1.165, 1.54) is 34.2 Å². The van der Waals surface area contributed by atoms with Gasteiger partial charge in [-0.05, 0) is 11.8 Å². The minimum atomic E-state index is 0.379. The lowest BCUT2D eigenvalue weighted by Crippen LogP contribution is -1.96. The van der Waals surface area contributed by atoms with E-state index in [9.17, 15) is 0 Å². The van der Waals surface area contributed by atoms with Crippen molar-refractivity contribution in [2.45, 2.75) is 39.5 Å². The smallest absolute Gasteiger partial charge is 0.110 e. The third kappa shape index (κ3) is 1.55. The predicted octanol–water partition coefficient (Wildman–Crippen LogP) is 4.66. The Balaban J connectivity index is 2.49. The maximum atomic E-state index is 4.48. The van der Waals surface area contributed by atoms with E-state index in [1.54, 1.807) is 0 Å². The molecule has 0 amide bonds. The van der Waals surface area contributed by atoms with Crippen molar-refractivity contribution in [3.8, 4) is 0 Å². The SMILES string of the molecule is CC(C)c1c2c(c(C(C)C)c3nsnc13)N=S=N2. The minimum absolute atomic E-state index is 0.379. The third-order valence-corrected chi connectivity index (χ3v) is 4.21. The van der Waals surface area contributed by atoms with Crippen LogP contribution in [-0.4, -0.2) is 8.75 Å². The molecule has 0 fully saturated rings. The summed E-state index contributed by atoms with van der Waals surface area (Å²) in [6.07, 6.45) is 0. The van der Waals surface area contributed by atoms with Crippen LogP contribution in [0.25, 0.3) is 11.0 Å². The molecule has 0 atom stereocenters. The second kappa shape index (κ2) is 4.20. The van der Waals surface area contributed by atoms with E-state index < -0.39 is 0 Å². The van der Waals surface area contributed by atoms with Crippen LogP contribution in [0.15, 0.2) is 8.73 Å². The Labute approximate surface area is 114 Å². The van der Waals surface area contributed by atoms with E-state index in [0.717, 1.165) is 22.4 Å². The van der Waals surface area contributed by atoms with Crippen LogP contribution in [0.4, 0.5) is 11.4 Å². The van der Waals surface area contributed by atoms with Gasteiger partial charge in [-0.15, -0.1) is 0 Å². The second-order valence-electron chi connectivity index (χ2n) is 5.06. The quantitative estimate of drug-likeness (QED) is 0.684. The Bertz CT molecular complexity index is 640. The minimum Gasteiger partial charge on any atom is -0.173 e. The lowest BCUT2D eigenvalue weighted by atomic mass is 9.91. The van der Waals surface area contributed by atoms with Gasteiger partial charge in [0, 0.05) is 11.1 Å². The number of rotatable bonds is 2. The summed E-state index contributed by atoms with van der Waals surface area (Å²) in [5, 5.41) is 0. The lowest BCUT2D eigenvalue weighted by Gasteiger charge is -2.15. The molecule has 0 radical (unpaired) electrons. The van der Waals surface area contributed by atoms with Crippen molar-refractivity contribution in [2.24, 2.45) is 8.73 Å². The Morgan fingerprint density at radius 1 is 0.778 bits per heavy atom. The molecule has 6 heteroatoms. The van der Waals surface area contributed by atoms with Crippen LogP contribution < -0.4 is 0 Å². The summed E-state index contributed by atoms with van der Waals surface area (Å²) in [5.74, 6) is 0.757. The van der Waals surface area contributed by atoms with Crippen LogP contribution in [0.1, 0.15) is 50.7 Å². The van der Waals surface area contributed by atoms with Gasteiger partial charge < -0.3 is 0 Å². The molecule has 0 N–H and O–H groups in total. The van der Waals surface area contributed by atoms with Gasteiger partial charge in [-0.2, -0.15) is 17.5 Å². The molecule has 2 heterocycles. The van der Waals surface area contributed by atoms with Crippen LogP contribution in [-0.2, 0) is 11.4 Å². The molecule has 0 saturated carbocycles. The molecule has 2 aromatic rings. The predicted molar refractivity (Wildman–Crippen MR) is 77.1 cm³/mol. The van der Waals surface area contributed by atoms with Crippen LogP contribution >= 0.6 is 11.7 Å². The number of nitrogens with zero attached hydrogens (tertiary/aromatic N) is 4. The summed E-state index contributed by atoms with van der Waals surface area (Å²) >= 11 is 2.56. The lowest BCUT2D eigenvalue weighted by molar-refractivity contribution is 0.859. The maximum Gasteiger partial charge on any atom is 0.110 e. The topological polar surface area (TPSA) is 50.5 Å². The molecule has 3 rings (SSSR count). The first kappa shape index (κ1) is 11.9. The first-order valence-corrected chi connectivity index (χ1v) is 7.47. The Kier molecular flexibility index (Phi) is 2.79. The molecule has 0 bridgehead atoms. The number of hydrogen-bond acceptors (Lipinski definition) is 5. The van der Waals surface area contributed by atoms with Crippen molar-refractivity contribution >= 4 is 45.5 Å². The molecule has 0 spiro atoms. The summed E-state index contributed by atoms with van der Waals surface area (Å²) in [5.41, 5.74) is 6.43. The summed E-state index contributed by atoms with van der Waals surface area (Å²) in [4.78, 5) is 0. The van der Waals surface area contributed by atoms with Gasteiger partial charge in [-0.25, -0.2) is 0 Å². The molecule has 1 aromatic carbocycles. The van der Waals surface area contributed by atoms with Crippen LogP contribution in [0, 0.1) is 0 Å². The van der Waals surface area contributed by atoms with Crippen molar-refractivity contribution in [1.29, 1.82) is 0 Å². The van der Waals surface area contributed by atoms with Gasteiger partial charge in [0.1, 0.15) is 22.4 Å². The van der Waals surface area contributed by atoms with Gasteiger partial charge in [-0.3, -0.25) is 0 Å². The highest BCUT2D eigenvalue weighted by molar-refractivity contribution is 7.58. The standard InChI is InChI=1S/C12H14N4S2/c1-5(2)7-9-11(15-17-13-9)8(6(3)4)12-10(7)14-18-16-12/h5-6H,1-4H3. The van der Waals surface area contributed by atoms with Gasteiger partial charge in [0.2, 0.25) is 0 Å². The number of benzene rings is 1. The fourth-order valence-electron chi connectivity index (χ4n) is 2.40. The number of aromatic nitrogens is 2. The molecule has 1 aromatic heterocycles. The second-order valence-corrected chi connectivity index (χ2v) is 6.12. The van der Waals surface area contributed by atoms with E-state index in [1.807, 2.05) is 0 Å². The molecular formula is C12H14N4S2. The molecule has 0 aliphatic carbocycles.